The molecule has 5 heteroatoms. The molecule has 114 valence electrons. The van der Waals surface area contributed by atoms with Crippen LogP contribution in [0.1, 0.15) is 17.0 Å². The maximum Gasteiger partial charge on any atom is 0.182 e. The first kappa shape index (κ1) is 15.3. The Morgan fingerprint density at radius 2 is 1.59 bits per heavy atom. The summed E-state index contributed by atoms with van der Waals surface area (Å²) in [5, 5.41) is -0.203. The topological polar surface area (TPSA) is 51.2 Å². The maximum atomic E-state index is 12.7. The van der Waals surface area contributed by atoms with E-state index in [1.54, 1.807) is 12.1 Å². The van der Waals surface area contributed by atoms with Gasteiger partial charge in [0.2, 0.25) is 0 Å². The van der Waals surface area contributed by atoms with E-state index in [2.05, 4.69) is 0 Å². The molecule has 0 radical (unpaired) electrons. The van der Waals surface area contributed by atoms with Crippen LogP contribution in [0.15, 0.2) is 53.4 Å². The molecule has 2 aromatic rings. The van der Waals surface area contributed by atoms with E-state index in [0.29, 0.717) is 5.02 Å². The van der Waals surface area contributed by atoms with E-state index in [4.69, 9.17) is 11.6 Å². The molecule has 3 rings (SSSR count). The summed E-state index contributed by atoms with van der Waals surface area (Å²) in [6.45, 7) is 1.97. The molecule has 0 N–H and O–H groups in total. The number of aldehydes is 1. The van der Waals surface area contributed by atoms with E-state index in [0.717, 1.165) is 17.4 Å². The summed E-state index contributed by atoms with van der Waals surface area (Å²) in [5.41, 5.74) is 1.99. The van der Waals surface area contributed by atoms with Gasteiger partial charge >= 0.3 is 0 Å². The summed E-state index contributed by atoms with van der Waals surface area (Å²) in [5.74, 6) is -0.748. The number of hydrogen-bond donors (Lipinski definition) is 0. The molecule has 0 amide bonds. The Bertz CT molecular complexity index is 795. The van der Waals surface area contributed by atoms with Crippen molar-refractivity contribution in [2.24, 2.45) is 5.92 Å². The molecule has 0 spiro atoms. The first-order valence-corrected chi connectivity index (χ1v) is 8.89. The predicted octanol–water partition coefficient (Wildman–Crippen LogP) is 3.40. The van der Waals surface area contributed by atoms with Gasteiger partial charge in [0.25, 0.3) is 0 Å². The minimum absolute atomic E-state index is 0.211. The van der Waals surface area contributed by atoms with Crippen LogP contribution in [0.25, 0.3) is 0 Å². The van der Waals surface area contributed by atoms with Crippen LogP contribution < -0.4 is 0 Å². The molecular formula is C17H15ClO3S. The van der Waals surface area contributed by atoms with Gasteiger partial charge in [0, 0.05) is 16.9 Å². The zero-order valence-corrected chi connectivity index (χ0v) is 13.5. The van der Waals surface area contributed by atoms with Gasteiger partial charge in [-0.2, -0.15) is 0 Å². The van der Waals surface area contributed by atoms with Crippen molar-refractivity contribution in [2.75, 3.05) is 0 Å². The Hall–Kier alpha value is -1.65. The van der Waals surface area contributed by atoms with Crippen LogP contribution in [0.2, 0.25) is 5.02 Å². The van der Waals surface area contributed by atoms with Crippen LogP contribution in [0.5, 0.6) is 0 Å². The largest absolute Gasteiger partial charge is 0.303 e. The number of benzene rings is 2. The Kier molecular flexibility index (Phi) is 3.83. The van der Waals surface area contributed by atoms with Crippen LogP contribution in [0.3, 0.4) is 0 Å². The van der Waals surface area contributed by atoms with Crippen molar-refractivity contribution in [2.45, 2.75) is 23.0 Å². The van der Waals surface area contributed by atoms with Gasteiger partial charge in [-0.3, -0.25) is 0 Å². The second kappa shape index (κ2) is 5.52. The molecule has 0 aromatic heterocycles. The second-order valence-electron chi connectivity index (χ2n) is 5.61. The van der Waals surface area contributed by atoms with Gasteiger partial charge in [0.1, 0.15) is 6.29 Å². The van der Waals surface area contributed by atoms with Gasteiger partial charge in [-0.15, -0.1) is 0 Å². The molecule has 22 heavy (non-hydrogen) atoms. The lowest BCUT2D eigenvalue weighted by molar-refractivity contribution is -0.108. The van der Waals surface area contributed by atoms with Crippen molar-refractivity contribution in [3.05, 3.63) is 64.7 Å². The molecule has 0 bridgehead atoms. The van der Waals surface area contributed by atoms with Gasteiger partial charge in [0.05, 0.1) is 10.1 Å². The van der Waals surface area contributed by atoms with Gasteiger partial charge in [0.15, 0.2) is 9.84 Å². The smallest absolute Gasteiger partial charge is 0.182 e. The number of rotatable bonds is 4. The number of halogens is 1. The predicted molar refractivity (Wildman–Crippen MR) is 85.9 cm³/mol. The van der Waals surface area contributed by atoms with Gasteiger partial charge in [-0.05, 0) is 36.8 Å². The highest BCUT2D eigenvalue weighted by molar-refractivity contribution is 7.92. The molecule has 0 saturated heterocycles. The van der Waals surface area contributed by atoms with Gasteiger partial charge in [-0.25, -0.2) is 8.42 Å². The molecule has 1 aliphatic rings. The van der Waals surface area contributed by atoms with Crippen molar-refractivity contribution >= 4 is 27.7 Å². The van der Waals surface area contributed by atoms with E-state index in [1.165, 1.54) is 12.1 Å². The zero-order chi connectivity index (χ0) is 15.9. The molecule has 3 atom stereocenters. The number of sulfone groups is 1. The standard InChI is InChI=1S/C17H15ClO3S/c1-11-2-4-12(5-3-11)16-15(10-19)17(16)22(20,21)14-8-6-13(18)7-9-14/h2-10,15-17H,1H3/t15-,16+,17+/m0/s1. The first-order valence-electron chi connectivity index (χ1n) is 6.96. The molecule has 1 saturated carbocycles. The third kappa shape index (κ3) is 2.57. The monoisotopic (exact) mass is 334 g/mol. The van der Waals surface area contributed by atoms with E-state index in [9.17, 15) is 13.2 Å². The summed E-state index contributed by atoms with van der Waals surface area (Å²) < 4.78 is 25.4. The molecule has 0 aliphatic heterocycles. The Balaban J connectivity index is 1.95. The molecule has 1 fully saturated rings. The van der Waals surface area contributed by atoms with E-state index in [-0.39, 0.29) is 10.8 Å². The lowest BCUT2D eigenvalue weighted by Gasteiger charge is -2.04. The minimum Gasteiger partial charge on any atom is -0.303 e. The summed E-state index contributed by atoms with van der Waals surface area (Å²) in [7, 11) is -3.54. The van der Waals surface area contributed by atoms with Gasteiger partial charge < -0.3 is 4.79 Å². The van der Waals surface area contributed by atoms with Gasteiger partial charge in [-0.1, -0.05) is 41.4 Å². The minimum atomic E-state index is -3.54. The Morgan fingerprint density at radius 1 is 1.00 bits per heavy atom. The third-order valence-corrected chi connectivity index (χ3v) is 6.63. The molecular weight excluding hydrogens is 320 g/mol. The lowest BCUT2D eigenvalue weighted by atomic mass is 10.1. The van der Waals surface area contributed by atoms with Crippen molar-refractivity contribution < 1.29 is 13.2 Å². The number of aryl methyl sites for hydroxylation is 1. The average molecular weight is 335 g/mol. The summed E-state index contributed by atoms with van der Waals surface area (Å²) in [4.78, 5) is 11.5. The summed E-state index contributed by atoms with van der Waals surface area (Å²) in [6.07, 6.45) is 0.753. The normalized spacial score (nSPS) is 24.0. The van der Waals surface area contributed by atoms with Crippen LogP contribution in [-0.2, 0) is 14.6 Å². The fourth-order valence-electron chi connectivity index (χ4n) is 2.85. The van der Waals surface area contributed by atoms with Crippen LogP contribution in [0.4, 0.5) is 0 Å². The molecule has 0 heterocycles. The lowest BCUT2D eigenvalue weighted by Crippen LogP contribution is -2.11. The molecule has 2 aromatic carbocycles. The van der Waals surface area contributed by atoms with E-state index in [1.807, 2.05) is 31.2 Å². The van der Waals surface area contributed by atoms with E-state index >= 15 is 0 Å². The molecule has 0 unspecified atom stereocenters. The molecule has 1 aliphatic carbocycles. The van der Waals surface area contributed by atoms with Crippen molar-refractivity contribution in [3.63, 3.8) is 0 Å². The van der Waals surface area contributed by atoms with Crippen LogP contribution >= 0.6 is 11.6 Å². The second-order valence-corrected chi connectivity index (χ2v) is 8.16. The molecule has 3 nitrogen and oxygen atoms in total. The number of hydrogen-bond acceptors (Lipinski definition) is 3. The first-order chi connectivity index (χ1) is 10.4. The third-order valence-electron chi connectivity index (χ3n) is 4.13. The zero-order valence-electron chi connectivity index (χ0n) is 11.9. The summed E-state index contributed by atoms with van der Waals surface area (Å²) >= 11 is 5.80. The number of carbonyl (C=O) groups is 1. The highest BCUT2D eigenvalue weighted by Gasteiger charge is 2.58. The maximum absolute atomic E-state index is 12.7. The Morgan fingerprint density at radius 3 is 2.14 bits per heavy atom. The SMILES string of the molecule is Cc1ccc([C@@H]2[C@H](C=O)[C@H]2S(=O)(=O)c2ccc(Cl)cc2)cc1. The average Bonchev–Trinajstić information content (AvgIpc) is 3.24. The quantitative estimate of drug-likeness (QED) is 0.805. The van der Waals surface area contributed by atoms with Crippen molar-refractivity contribution in [3.8, 4) is 0 Å². The highest BCUT2D eigenvalue weighted by atomic mass is 35.5. The number of carbonyl (C=O) groups excluding carboxylic acids is 1. The van der Waals surface area contributed by atoms with E-state index < -0.39 is 21.0 Å². The fourth-order valence-corrected chi connectivity index (χ4v) is 5.09. The summed E-state index contributed by atoms with van der Waals surface area (Å²) in [6, 6.07) is 13.7. The Labute approximate surface area is 134 Å². The van der Waals surface area contributed by atoms with Crippen LogP contribution in [-0.4, -0.2) is 20.0 Å². The van der Waals surface area contributed by atoms with Crippen molar-refractivity contribution in [1.82, 2.24) is 0 Å². The highest BCUT2D eigenvalue weighted by Crippen LogP contribution is 2.52. The van der Waals surface area contributed by atoms with Crippen molar-refractivity contribution in [1.29, 1.82) is 0 Å². The fraction of sp³-hybridized carbons (Fsp3) is 0.235. The van der Waals surface area contributed by atoms with Crippen LogP contribution in [0, 0.1) is 12.8 Å².